The van der Waals surface area contributed by atoms with Gasteiger partial charge in [0, 0.05) is 6.54 Å². The molecule has 0 radical (unpaired) electrons. The molecule has 0 aliphatic heterocycles. The second kappa shape index (κ2) is 9.33. The lowest BCUT2D eigenvalue weighted by atomic mass is 10.2. The number of carbonyl (C=O) groups is 3. The predicted molar refractivity (Wildman–Crippen MR) is 95.4 cm³/mol. The maximum absolute atomic E-state index is 12.2. The number of sulfonamides is 1. The lowest BCUT2D eigenvalue weighted by Crippen LogP contribution is -2.50. The molecule has 0 heterocycles. The van der Waals surface area contributed by atoms with E-state index in [4.69, 9.17) is 4.74 Å². The largest absolute Gasteiger partial charge is 0.480 e. The van der Waals surface area contributed by atoms with Crippen molar-refractivity contribution >= 4 is 28.0 Å². The Morgan fingerprint density at radius 2 is 1.70 bits per heavy atom. The summed E-state index contributed by atoms with van der Waals surface area (Å²) < 4.78 is 31.3. The number of nitrogens with one attached hydrogen (secondary N) is 3. The first-order valence-electron chi connectivity index (χ1n) is 7.94. The van der Waals surface area contributed by atoms with Gasteiger partial charge in [-0.1, -0.05) is 18.2 Å². The summed E-state index contributed by atoms with van der Waals surface area (Å²) in [4.78, 5) is 34.4. The average molecular weight is 401 g/mol. The molecule has 10 nitrogen and oxygen atoms in total. The van der Waals surface area contributed by atoms with Gasteiger partial charge >= 0.3 is 12.1 Å². The molecule has 0 saturated heterocycles. The highest BCUT2D eigenvalue weighted by atomic mass is 32.2. The minimum atomic E-state index is -4.07. The molecular weight excluding hydrogens is 378 g/mol. The number of alkyl carbamates (subject to hydrolysis) is 1. The summed E-state index contributed by atoms with van der Waals surface area (Å²) in [6.07, 6.45) is -0.808. The number of rotatable bonds is 8. The van der Waals surface area contributed by atoms with E-state index in [0.29, 0.717) is 0 Å². The Hall–Kier alpha value is -2.66. The lowest BCUT2D eigenvalue weighted by Gasteiger charge is -2.19. The lowest BCUT2D eigenvalue weighted by molar-refractivity contribution is -0.138. The molecule has 1 atom stereocenters. The van der Waals surface area contributed by atoms with Crippen LogP contribution in [0.4, 0.5) is 4.79 Å². The van der Waals surface area contributed by atoms with Crippen molar-refractivity contribution in [2.24, 2.45) is 0 Å². The monoisotopic (exact) mass is 401 g/mol. The molecule has 11 heteroatoms. The number of carboxylic acid groups (broad SMARTS) is 1. The second-order valence-electron chi connectivity index (χ2n) is 6.48. The SMILES string of the molecule is CC(C)(C)OC(=O)NCC(=O)NC[C@H](NS(=O)(=O)c1ccccc1)C(=O)O. The molecule has 0 saturated carbocycles. The van der Waals surface area contributed by atoms with Crippen molar-refractivity contribution in [3.8, 4) is 0 Å². The number of aliphatic carboxylic acids is 1. The summed E-state index contributed by atoms with van der Waals surface area (Å²) in [5.41, 5.74) is -0.731. The first-order valence-corrected chi connectivity index (χ1v) is 9.43. The Morgan fingerprint density at radius 1 is 1.11 bits per heavy atom. The van der Waals surface area contributed by atoms with Crippen LogP contribution in [-0.2, 0) is 24.3 Å². The van der Waals surface area contributed by atoms with E-state index < -0.39 is 52.7 Å². The minimum absolute atomic E-state index is 0.103. The third-order valence-corrected chi connectivity index (χ3v) is 4.43. The van der Waals surface area contributed by atoms with Crippen molar-refractivity contribution < 1.29 is 32.6 Å². The number of benzene rings is 1. The summed E-state index contributed by atoms with van der Waals surface area (Å²) in [5.74, 6) is -2.17. The van der Waals surface area contributed by atoms with Crippen molar-refractivity contribution in [3.63, 3.8) is 0 Å². The maximum Gasteiger partial charge on any atom is 0.408 e. The van der Waals surface area contributed by atoms with Crippen LogP contribution in [0.15, 0.2) is 35.2 Å². The fourth-order valence-corrected chi connectivity index (χ4v) is 2.99. The maximum atomic E-state index is 12.2. The van der Waals surface area contributed by atoms with Crippen molar-refractivity contribution in [2.75, 3.05) is 13.1 Å². The van der Waals surface area contributed by atoms with E-state index in [0.717, 1.165) is 0 Å². The van der Waals surface area contributed by atoms with E-state index in [1.165, 1.54) is 24.3 Å². The van der Waals surface area contributed by atoms with E-state index >= 15 is 0 Å². The van der Waals surface area contributed by atoms with Gasteiger partial charge in [0.25, 0.3) is 0 Å². The normalized spacial score (nSPS) is 12.7. The van der Waals surface area contributed by atoms with Crippen LogP contribution in [-0.4, -0.2) is 56.2 Å². The quantitative estimate of drug-likeness (QED) is 0.481. The van der Waals surface area contributed by atoms with Gasteiger partial charge in [0.2, 0.25) is 15.9 Å². The number of amides is 2. The summed E-state index contributed by atoms with van der Waals surface area (Å²) in [5, 5.41) is 13.6. The van der Waals surface area contributed by atoms with Gasteiger partial charge in [-0.05, 0) is 32.9 Å². The minimum Gasteiger partial charge on any atom is -0.480 e. The van der Waals surface area contributed by atoms with E-state index in [-0.39, 0.29) is 4.90 Å². The Bertz CT molecular complexity index is 773. The molecule has 0 aromatic heterocycles. The van der Waals surface area contributed by atoms with Crippen LogP contribution in [0.25, 0.3) is 0 Å². The highest BCUT2D eigenvalue weighted by Crippen LogP contribution is 2.08. The van der Waals surface area contributed by atoms with E-state index in [1.54, 1.807) is 26.8 Å². The van der Waals surface area contributed by atoms with Gasteiger partial charge < -0.3 is 20.5 Å². The van der Waals surface area contributed by atoms with Crippen LogP contribution in [0.5, 0.6) is 0 Å². The van der Waals surface area contributed by atoms with Gasteiger partial charge in [-0.25, -0.2) is 13.2 Å². The van der Waals surface area contributed by atoms with Crippen molar-refractivity contribution in [2.45, 2.75) is 37.3 Å². The highest BCUT2D eigenvalue weighted by molar-refractivity contribution is 7.89. The zero-order valence-electron chi connectivity index (χ0n) is 15.2. The number of carbonyl (C=O) groups excluding carboxylic acids is 2. The smallest absolute Gasteiger partial charge is 0.408 e. The van der Waals surface area contributed by atoms with Gasteiger partial charge in [-0.2, -0.15) is 4.72 Å². The third kappa shape index (κ3) is 8.51. The average Bonchev–Trinajstić information content (AvgIpc) is 2.55. The van der Waals surface area contributed by atoms with Crippen LogP contribution >= 0.6 is 0 Å². The van der Waals surface area contributed by atoms with Gasteiger partial charge in [0.1, 0.15) is 11.6 Å². The molecule has 0 fully saturated rings. The van der Waals surface area contributed by atoms with Crippen molar-refractivity contribution in [1.29, 1.82) is 0 Å². The van der Waals surface area contributed by atoms with Gasteiger partial charge in [0.05, 0.1) is 11.4 Å². The van der Waals surface area contributed by atoms with Crippen LogP contribution < -0.4 is 15.4 Å². The zero-order chi connectivity index (χ0) is 20.7. The molecule has 4 N–H and O–H groups in total. The van der Waals surface area contributed by atoms with Crippen LogP contribution in [0.3, 0.4) is 0 Å². The molecular formula is C16H23N3O7S. The summed E-state index contributed by atoms with van der Waals surface area (Å²) in [7, 11) is -4.07. The Balaban J connectivity index is 2.57. The van der Waals surface area contributed by atoms with Crippen LogP contribution in [0, 0.1) is 0 Å². The Kier molecular flexibility index (Phi) is 7.73. The number of hydrogen-bond donors (Lipinski definition) is 4. The van der Waals surface area contributed by atoms with Crippen LogP contribution in [0.1, 0.15) is 20.8 Å². The Morgan fingerprint density at radius 3 is 2.22 bits per heavy atom. The molecule has 2 amide bonds. The van der Waals surface area contributed by atoms with E-state index in [1.807, 2.05) is 4.72 Å². The van der Waals surface area contributed by atoms with Gasteiger partial charge in [-0.15, -0.1) is 0 Å². The fraction of sp³-hybridized carbons (Fsp3) is 0.438. The molecule has 1 rings (SSSR count). The molecule has 0 spiro atoms. The molecule has 0 unspecified atom stereocenters. The topological polar surface area (TPSA) is 151 Å². The van der Waals surface area contributed by atoms with E-state index in [2.05, 4.69) is 10.6 Å². The molecule has 27 heavy (non-hydrogen) atoms. The first kappa shape index (κ1) is 22.4. The molecule has 150 valence electrons. The molecule has 0 aliphatic carbocycles. The predicted octanol–water partition coefficient (Wildman–Crippen LogP) is 0.0590. The number of carboxylic acids is 1. The van der Waals surface area contributed by atoms with Gasteiger partial charge in [-0.3, -0.25) is 9.59 Å². The number of hydrogen-bond acceptors (Lipinski definition) is 6. The second-order valence-corrected chi connectivity index (χ2v) is 8.20. The van der Waals surface area contributed by atoms with Crippen LogP contribution in [0.2, 0.25) is 0 Å². The third-order valence-electron chi connectivity index (χ3n) is 2.94. The fourth-order valence-electron chi connectivity index (χ4n) is 1.78. The molecule has 1 aromatic rings. The van der Waals surface area contributed by atoms with Crippen molar-refractivity contribution in [1.82, 2.24) is 15.4 Å². The highest BCUT2D eigenvalue weighted by Gasteiger charge is 2.26. The summed E-state index contributed by atoms with van der Waals surface area (Å²) in [6, 6.07) is 5.64. The molecule has 1 aromatic carbocycles. The standard InChI is InChI=1S/C16H23N3O7S/c1-16(2,3)26-15(23)18-10-13(20)17-9-12(14(21)22)19-27(24,25)11-7-5-4-6-8-11/h4-8,12,19H,9-10H2,1-3H3,(H,17,20)(H,18,23)(H,21,22)/t12-/m0/s1. The number of ether oxygens (including phenoxy) is 1. The van der Waals surface area contributed by atoms with E-state index in [9.17, 15) is 27.9 Å². The van der Waals surface area contributed by atoms with Crippen molar-refractivity contribution in [3.05, 3.63) is 30.3 Å². The Labute approximate surface area is 157 Å². The van der Waals surface area contributed by atoms with Gasteiger partial charge in [0.15, 0.2) is 0 Å². The summed E-state index contributed by atoms with van der Waals surface area (Å²) >= 11 is 0. The molecule has 0 bridgehead atoms. The first-order chi connectivity index (χ1) is 12.4. The zero-order valence-corrected chi connectivity index (χ0v) is 16.0. The summed E-state index contributed by atoms with van der Waals surface area (Å²) in [6.45, 7) is 4.01. The molecule has 0 aliphatic rings.